The molecule has 1 fully saturated rings. The monoisotopic (exact) mass is 345 g/mol. The van der Waals surface area contributed by atoms with Crippen LogP contribution in [0.4, 0.5) is 11.4 Å². The van der Waals surface area contributed by atoms with E-state index in [0.717, 1.165) is 25.9 Å². The lowest BCUT2D eigenvalue weighted by molar-refractivity contribution is -0.384. The van der Waals surface area contributed by atoms with Crippen molar-refractivity contribution in [2.45, 2.75) is 26.2 Å². The van der Waals surface area contributed by atoms with Gasteiger partial charge in [-0.2, -0.15) is 5.10 Å². The first kappa shape index (κ1) is 17.3. The Morgan fingerprint density at radius 2 is 2.12 bits per heavy atom. The summed E-state index contributed by atoms with van der Waals surface area (Å²) in [5.41, 5.74) is 10.2. The molecule has 0 saturated carbocycles. The van der Waals surface area contributed by atoms with Gasteiger partial charge in [0, 0.05) is 37.1 Å². The van der Waals surface area contributed by atoms with Crippen molar-refractivity contribution < 1.29 is 9.72 Å². The molecule has 0 aromatic heterocycles. The SMILES string of the molecule is CC1CC(=O)NN=C1c1ccc(N2CCC(CN)CC2)c([N+](=O)[O-])c1. The summed E-state index contributed by atoms with van der Waals surface area (Å²) in [6.07, 6.45) is 2.23. The van der Waals surface area contributed by atoms with E-state index in [2.05, 4.69) is 15.4 Å². The Kier molecular flexibility index (Phi) is 4.98. The summed E-state index contributed by atoms with van der Waals surface area (Å²) in [6.45, 7) is 4.11. The van der Waals surface area contributed by atoms with Crippen LogP contribution in [0.15, 0.2) is 23.3 Å². The van der Waals surface area contributed by atoms with Gasteiger partial charge < -0.3 is 10.6 Å². The first-order chi connectivity index (χ1) is 12.0. The van der Waals surface area contributed by atoms with Gasteiger partial charge in [0.2, 0.25) is 5.91 Å². The number of hydrogen-bond donors (Lipinski definition) is 2. The molecule has 8 heteroatoms. The lowest BCUT2D eigenvalue weighted by atomic mass is 9.93. The topological polar surface area (TPSA) is 114 Å². The fourth-order valence-corrected chi connectivity index (χ4v) is 3.51. The second-order valence-electron chi connectivity index (χ2n) is 6.76. The van der Waals surface area contributed by atoms with Crippen molar-refractivity contribution in [3.05, 3.63) is 33.9 Å². The summed E-state index contributed by atoms with van der Waals surface area (Å²) >= 11 is 0. The molecule has 2 heterocycles. The summed E-state index contributed by atoms with van der Waals surface area (Å²) in [4.78, 5) is 24.7. The van der Waals surface area contributed by atoms with E-state index in [1.807, 2.05) is 13.0 Å². The lowest BCUT2D eigenvalue weighted by Crippen LogP contribution is -2.36. The van der Waals surface area contributed by atoms with Gasteiger partial charge in [0.25, 0.3) is 5.69 Å². The Hall–Kier alpha value is -2.48. The number of rotatable bonds is 4. The van der Waals surface area contributed by atoms with Crippen LogP contribution in [0, 0.1) is 22.0 Å². The van der Waals surface area contributed by atoms with Crippen molar-refractivity contribution in [2.75, 3.05) is 24.5 Å². The molecule has 2 aliphatic rings. The predicted molar refractivity (Wildman–Crippen MR) is 95.5 cm³/mol. The summed E-state index contributed by atoms with van der Waals surface area (Å²) in [5, 5.41) is 15.7. The average Bonchev–Trinajstić information content (AvgIpc) is 2.61. The van der Waals surface area contributed by atoms with E-state index in [-0.39, 0.29) is 22.4 Å². The minimum atomic E-state index is -0.347. The molecule has 2 aliphatic heterocycles. The minimum Gasteiger partial charge on any atom is -0.366 e. The van der Waals surface area contributed by atoms with Crippen LogP contribution in [0.5, 0.6) is 0 Å². The molecule has 3 N–H and O–H groups in total. The summed E-state index contributed by atoms with van der Waals surface area (Å²) < 4.78 is 0. The van der Waals surface area contributed by atoms with Crippen molar-refractivity contribution in [3.63, 3.8) is 0 Å². The second kappa shape index (κ2) is 7.18. The van der Waals surface area contributed by atoms with Crippen LogP contribution < -0.4 is 16.1 Å². The van der Waals surface area contributed by atoms with Gasteiger partial charge in [-0.1, -0.05) is 13.0 Å². The molecule has 1 aromatic carbocycles. The highest BCUT2D eigenvalue weighted by molar-refractivity contribution is 6.06. The smallest absolute Gasteiger partial charge is 0.293 e. The molecule has 8 nitrogen and oxygen atoms in total. The van der Waals surface area contributed by atoms with E-state index in [4.69, 9.17) is 5.73 Å². The number of nitrogens with one attached hydrogen (secondary N) is 1. The quantitative estimate of drug-likeness (QED) is 0.636. The van der Waals surface area contributed by atoms with Crippen molar-refractivity contribution in [1.29, 1.82) is 0 Å². The number of nitrogens with two attached hydrogens (primary N) is 1. The Labute approximate surface area is 146 Å². The Morgan fingerprint density at radius 1 is 1.40 bits per heavy atom. The van der Waals surface area contributed by atoms with Crippen LogP contribution in [0.3, 0.4) is 0 Å². The van der Waals surface area contributed by atoms with E-state index in [0.29, 0.717) is 35.8 Å². The Bertz CT molecular complexity index is 710. The van der Waals surface area contributed by atoms with Crippen molar-refractivity contribution >= 4 is 23.0 Å². The summed E-state index contributed by atoms with van der Waals surface area (Å²) in [6, 6.07) is 5.21. The lowest BCUT2D eigenvalue weighted by Gasteiger charge is -2.33. The summed E-state index contributed by atoms with van der Waals surface area (Å²) in [5.74, 6) is 0.292. The van der Waals surface area contributed by atoms with E-state index in [9.17, 15) is 14.9 Å². The van der Waals surface area contributed by atoms with E-state index < -0.39 is 0 Å². The molecule has 0 aliphatic carbocycles. The van der Waals surface area contributed by atoms with Gasteiger partial charge in [-0.05, 0) is 31.4 Å². The zero-order valence-electron chi connectivity index (χ0n) is 14.3. The number of benzene rings is 1. The molecule has 1 atom stereocenters. The van der Waals surface area contributed by atoms with Crippen molar-refractivity contribution in [2.24, 2.45) is 22.7 Å². The third-order valence-electron chi connectivity index (χ3n) is 5.02. The number of nitro groups is 1. The zero-order chi connectivity index (χ0) is 18.0. The minimum absolute atomic E-state index is 0.0699. The average molecular weight is 345 g/mol. The molecule has 1 aromatic rings. The molecular formula is C17H23N5O3. The van der Waals surface area contributed by atoms with Crippen LogP contribution in [0.25, 0.3) is 0 Å². The Morgan fingerprint density at radius 3 is 2.72 bits per heavy atom. The highest BCUT2D eigenvalue weighted by Gasteiger charge is 2.27. The van der Waals surface area contributed by atoms with Gasteiger partial charge in [0.15, 0.2) is 0 Å². The molecule has 0 spiro atoms. The zero-order valence-corrected chi connectivity index (χ0v) is 14.3. The van der Waals surface area contributed by atoms with Gasteiger partial charge in [-0.15, -0.1) is 0 Å². The third-order valence-corrected chi connectivity index (χ3v) is 5.02. The summed E-state index contributed by atoms with van der Waals surface area (Å²) in [7, 11) is 0. The number of piperidine rings is 1. The van der Waals surface area contributed by atoms with Crippen LogP contribution in [0.1, 0.15) is 31.7 Å². The third kappa shape index (κ3) is 3.63. The maximum absolute atomic E-state index is 11.6. The second-order valence-corrected chi connectivity index (χ2v) is 6.76. The van der Waals surface area contributed by atoms with Gasteiger partial charge in [-0.3, -0.25) is 14.9 Å². The predicted octanol–water partition coefficient (Wildman–Crippen LogP) is 1.63. The highest BCUT2D eigenvalue weighted by Crippen LogP contribution is 2.33. The fraction of sp³-hybridized carbons (Fsp3) is 0.529. The van der Waals surface area contributed by atoms with E-state index in [1.165, 1.54) is 0 Å². The van der Waals surface area contributed by atoms with Gasteiger partial charge in [0.1, 0.15) is 5.69 Å². The molecule has 1 amide bonds. The molecule has 3 rings (SSSR count). The number of amides is 1. The van der Waals surface area contributed by atoms with Crippen LogP contribution in [-0.2, 0) is 4.79 Å². The molecule has 134 valence electrons. The number of hydrogen-bond acceptors (Lipinski definition) is 6. The first-order valence-corrected chi connectivity index (χ1v) is 8.60. The fourth-order valence-electron chi connectivity index (χ4n) is 3.51. The van der Waals surface area contributed by atoms with Gasteiger partial charge in [0.05, 0.1) is 10.6 Å². The number of nitro benzene ring substituents is 1. The molecule has 1 saturated heterocycles. The largest absolute Gasteiger partial charge is 0.366 e. The normalized spacial score (nSPS) is 21.7. The van der Waals surface area contributed by atoms with E-state index >= 15 is 0 Å². The number of anilines is 1. The molecule has 1 unspecified atom stereocenters. The highest BCUT2D eigenvalue weighted by atomic mass is 16.6. The van der Waals surface area contributed by atoms with Gasteiger partial charge in [-0.25, -0.2) is 5.43 Å². The molecular weight excluding hydrogens is 322 g/mol. The number of carbonyl (C=O) groups excluding carboxylic acids is 1. The maximum atomic E-state index is 11.6. The molecule has 0 bridgehead atoms. The number of carbonyl (C=O) groups is 1. The Balaban J connectivity index is 1.89. The van der Waals surface area contributed by atoms with Crippen molar-refractivity contribution in [1.82, 2.24) is 5.43 Å². The number of nitrogens with zero attached hydrogens (tertiary/aromatic N) is 3. The molecule has 0 radical (unpaired) electrons. The van der Waals surface area contributed by atoms with Gasteiger partial charge >= 0.3 is 0 Å². The van der Waals surface area contributed by atoms with Crippen LogP contribution >= 0.6 is 0 Å². The van der Waals surface area contributed by atoms with E-state index in [1.54, 1.807) is 12.1 Å². The number of hydrazone groups is 1. The van der Waals surface area contributed by atoms with Crippen LogP contribution in [0.2, 0.25) is 0 Å². The standard InChI is InChI=1S/C17H23N5O3/c1-11-8-16(23)19-20-17(11)13-2-3-14(15(9-13)22(24)25)21-6-4-12(10-18)5-7-21/h2-3,9,11-12H,4-8,10,18H2,1H3,(H,19,23). The maximum Gasteiger partial charge on any atom is 0.293 e. The van der Waals surface area contributed by atoms with Crippen molar-refractivity contribution in [3.8, 4) is 0 Å². The van der Waals surface area contributed by atoms with Crippen LogP contribution in [-0.4, -0.2) is 36.2 Å². The first-order valence-electron chi connectivity index (χ1n) is 8.60. The molecule has 25 heavy (non-hydrogen) atoms.